The number of aromatic nitrogens is 2. The van der Waals surface area contributed by atoms with Gasteiger partial charge in [0.15, 0.2) is 0 Å². The van der Waals surface area contributed by atoms with Crippen LogP contribution in [-0.4, -0.2) is 21.0 Å². The van der Waals surface area contributed by atoms with Crippen LogP contribution in [-0.2, 0) is 6.42 Å². The molecule has 4 nitrogen and oxygen atoms in total. The van der Waals surface area contributed by atoms with Gasteiger partial charge in [0, 0.05) is 19.2 Å². The summed E-state index contributed by atoms with van der Waals surface area (Å²) in [6, 6.07) is 4.00. The highest BCUT2D eigenvalue weighted by molar-refractivity contribution is 5.55. The quantitative estimate of drug-likeness (QED) is 0.815. The molecule has 0 aliphatic heterocycles. The molecule has 86 valence electrons. The molecule has 16 heavy (non-hydrogen) atoms. The van der Waals surface area contributed by atoms with E-state index in [1.807, 2.05) is 29.7 Å². The lowest BCUT2D eigenvalue weighted by Gasteiger charge is -2.04. The molecule has 0 spiro atoms. The Morgan fingerprint density at radius 3 is 2.88 bits per heavy atom. The summed E-state index contributed by atoms with van der Waals surface area (Å²) in [5.74, 6) is 0.959. The Morgan fingerprint density at radius 1 is 1.50 bits per heavy atom. The van der Waals surface area contributed by atoms with Crippen molar-refractivity contribution in [3.8, 4) is 0 Å². The molecular formula is C12H17N3O. The van der Waals surface area contributed by atoms with Crippen molar-refractivity contribution in [2.75, 3.05) is 6.54 Å². The molecule has 4 heteroatoms. The third-order valence-corrected chi connectivity index (χ3v) is 2.74. The van der Waals surface area contributed by atoms with Crippen LogP contribution < -0.4 is 5.73 Å². The molecule has 1 unspecified atom stereocenters. The van der Waals surface area contributed by atoms with Crippen LogP contribution in [0.5, 0.6) is 0 Å². The topological polar surface area (TPSA) is 63.5 Å². The number of aryl methyl sites for hydroxylation is 2. The number of aliphatic hydroxyl groups excluding tert-OH is 1. The number of nitrogens with zero attached hydrogens (tertiary/aromatic N) is 2. The Hall–Kier alpha value is -1.39. The van der Waals surface area contributed by atoms with Gasteiger partial charge in [-0.3, -0.25) is 0 Å². The van der Waals surface area contributed by atoms with Gasteiger partial charge in [-0.2, -0.15) is 0 Å². The summed E-state index contributed by atoms with van der Waals surface area (Å²) in [7, 11) is 0. The monoisotopic (exact) mass is 219 g/mol. The van der Waals surface area contributed by atoms with Crippen LogP contribution in [0.15, 0.2) is 18.3 Å². The third kappa shape index (κ3) is 1.70. The van der Waals surface area contributed by atoms with Crippen LogP contribution >= 0.6 is 0 Å². The molecule has 0 amide bonds. The molecule has 0 radical (unpaired) electrons. The number of pyridine rings is 1. The Labute approximate surface area is 94.7 Å². The largest absolute Gasteiger partial charge is 0.385 e. The van der Waals surface area contributed by atoms with Crippen LogP contribution in [0.1, 0.15) is 30.1 Å². The fourth-order valence-corrected chi connectivity index (χ4v) is 1.89. The van der Waals surface area contributed by atoms with Gasteiger partial charge in [0.25, 0.3) is 0 Å². The molecule has 2 heterocycles. The summed E-state index contributed by atoms with van der Waals surface area (Å²) < 4.78 is 2.03. The molecule has 2 aromatic rings. The van der Waals surface area contributed by atoms with Crippen LogP contribution in [0.3, 0.4) is 0 Å². The lowest BCUT2D eigenvalue weighted by molar-refractivity contribution is 0.184. The van der Waals surface area contributed by atoms with Gasteiger partial charge < -0.3 is 15.2 Å². The van der Waals surface area contributed by atoms with Crippen LogP contribution in [0.2, 0.25) is 0 Å². The highest BCUT2D eigenvalue weighted by Crippen LogP contribution is 2.20. The number of hydrogen-bond donors (Lipinski definition) is 2. The number of hydrogen-bond acceptors (Lipinski definition) is 3. The standard InChI is InChI=1S/C12H17N3O/c1-3-11-14-12(10(16)6-13)9-5-4-8(2)7-15(9)11/h4-5,7,10,16H,3,6,13H2,1-2H3. The van der Waals surface area contributed by atoms with Crippen molar-refractivity contribution in [3.05, 3.63) is 35.4 Å². The van der Waals surface area contributed by atoms with E-state index < -0.39 is 6.10 Å². The maximum absolute atomic E-state index is 9.80. The zero-order valence-electron chi connectivity index (χ0n) is 9.64. The van der Waals surface area contributed by atoms with Gasteiger partial charge in [-0.15, -0.1) is 0 Å². The van der Waals surface area contributed by atoms with Gasteiger partial charge in [-0.25, -0.2) is 4.98 Å². The molecule has 0 bridgehead atoms. The molecule has 0 fully saturated rings. The molecule has 0 saturated heterocycles. The normalized spacial score (nSPS) is 13.2. The Kier molecular flexibility index (Phi) is 2.94. The second-order valence-electron chi connectivity index (χ2n) is 3.98. The van der Waals surface area contributed by atoms with E-state index in [0.717, 1.165) is 17.8 Å². The fraction of sp³-hybridized carbons (Fsp3) is 0.417. The number of aliphatic hydroxyl groups is 1. The first-order chi connectivity index (χ1) is 7.67. The maximum atomic E-state index is 9.80. The average molecular weight is 219 g/mol. The smallest absolute Gasteiger partial charge is 0.113 e. The van der Waals surface area contributed by atoms with Gasteiger partial charge in [0.2, 0.25) is 0 Å². The molecule has 0 aliphatic carbocycles. The molecule has 0 saturated carbocycles. The minimum absolute atomic E-state index is 0.198. The zero-order valence-corrected chi connectivity index (χ0v) is 9.64. The first-order valence-electron chi connectivity index (χ1n) is 5.53. The average Bonchev–Trinajstić information content (AvgIpc) is 2.66. The van der Waals surface area contributed by atoms with Gasteiger partial charge >= 0.3 is 0 Å². The lowest BCUT2D eigenvalue weighted by Crippen LogP contribution is -2.12. The second kappa shape index (κ2) is 4.23. The van der Waals surface area contributed by atoms with E-state index in [4.69, 9.17) is 5.73 Å². The summed E-state index contributed by atoms with van der Waals surface area (Å²) in [5, 5.41) is 9.80. The summed E-state index contributed by atoms with van der Waals surface area (Å²) in [6.45, 7) is 4.29. The predicted octanol–water partition coefficient (Wildman–Crippen LogP) is 1.20. The van der Waals surface area contributed by atoms with E-state index >= 15 is 0 Å². The predicted molar refractivity (Wildman–Crippen MR) is 63.3 cm³/mol. The highest BCUT2D eigenvalue weighted by atomic mass is 16.3. The van der Waals surface area contributed by atoms with Gasteiger partial charge in [0.1, 0.15) is 11.9 Å². The molecule has 2 rings (SSSR count). The molecular weight excluding hydrogens is 202 g/mol. The van der Waals surface area contributed by atoms with E-state index in [9.17, 15) is 5.11 Å². The summed E-state index contributed by atoms with van der Waals surface area (Å²) in [5.41, 5.74) is 8.28. The minimum atomic E-state index is -0.682. The summed E-state index contributed by atoms with van der Waals surface area (Å²) >= 11 is 0. The lowest BCUT2D eigenvalue weighted by atomic mass is 10.2. The number of rotatable bonds is 3. The van der Waals surface area contributed by atoms with Crippen LogP contribution in [0, 0.1) is 6.92 Å². The Morgan fingerprint density at radius 2 is 2.25 bits per heavy atom. The first kappa shape index (κ1) is 11.1. The van der Waals surface area contributed by atoms with E-state index in [1.165, 1.54) is 5.56 Å². The summed E-state index contributed by atoms with van der Waals surface area (Å²) in [6.07, 6.45) is 2.19. The summed E-state index contributed by atoms with van der Waals surface area (Å²) in [4.78, 5) is 4.45. The van der Waals surface area contributed by atoms with Crippen molar-refractivity contribution >= 4 is 5.52 Å². The molecule has 0 aliphatic rings. The van der Waals surface area contributed by atoms with Crippen molar-refractivity contribution in [2.24, 2.45) is 5.73 Å². The third-order valence-electron chi connectivity index (χ3n) is 2.74. The van der Waals surface area contributed by atoms with Gasteiger partial charge in [-0.1, -0.05) is 13.0 Å². The van der Waals surface area contributed by atoms with Gasteiger partial charge in [0.05, 0.1) is 11.2 Å². The van der Waals surface area contributed by atoms with Crippen LogP contribution in [0.25, 0.3) is 5.52 Å². The number of imidazole rings is 1. The zero-order chi connectivity index (χ0) is 11.7. The molecule has 1 atom stereocenters. The van der Waals surface area contributed by atoms with Crippen LogP contribution in [0.4, 0.5) is 0 Å². The number of fused-ring (bicyclic) bond motifs is 1. The highest BCUT2D eigenvalue weighted by Gasteiger charge is 2.15. The SMILES string of the molecule is CCc1nc(C(O)CN)c2ccc(C)cn12. The van der Waals surface area contributed by atoms with E-state index in [0.29, 0.717) is 5.69 Å². The second-order valence-corrected chi connectivity index (χ2v) is 3.98. The number of nitrogens with two attached hydrogens (primary N) is 1. The first-order valence-corrected chi connectivity index (χ1v) is 5.53. The molecule has 3 N–H and O–H groups in total. The van der Waals surface area contributed by atoms with Crippen molar-refractivity contribution in [1.82, 2.24) is 9.38 Å². The van der Waals surface area contributed by atoms with Crippen molar-refractivity contribution in [3.63, 3.8) is 0 Å². The van der Waals surface area contributed by atoms with Crippen molar-refractivity contribution in [1.29, 1.82) is 0 Å². The molecule has 0 aromatic carbocycles. The fourth-order valence-electron chi connectivity index (χ4n) is 1.89. The van der Waals surface area contributed by atoms with E-state index in [1.54, 1.807) is 0 Å². The maximum Gasteiger partial charge on any atom is 0.113 e. The Bertz CT molecular complexity index is 504. The van der Waals surface area contributed by atoms with E-state index in [2.05, 4.69) is 11.9 Å². The van der Waals surface area contributed by atoms with Crippen molar-refractivity contribution in [2.45, 2.75) is 26.4 Å². The van der Waals surface area contributed by atoms with Crippen molar-refractivity contribution < 1.29 is 5.11 Å². The van der Waals surface area contributed by atoms with Gasteiger partial charge in [-0.05, 0) is 18.6 Å². The van der Waals surface area contributed by atoms with E-state index in [-0.39, 0.29) is 6.54 Å². The Balaban J connectivity index is 2.67. The molecule has 2 aromatic heterocycles. The minimum Gasteiger partial charge on any atom is -0.385 e.